The lowest BCUT2D eigenvalue weighted by Crippen LogP contribution is -2.35. The molecule has 0 spiro atoms. The van der Waals surface area contributed by atoms with Gasteiger partial charge in [0.05, 0.1) is 12.1 Å². The number of benzene rings is 1. The number of aliphatic hydroxyl groups is 3. The molecule has 7 nitrogen and oxygen atoms in total. The second-order valence-electron chi connectivity index (χ2n) is 4.98. The lowest BCUT2D eigenvalue weighted by Gasteiger charge is -2.20. The van der Waals surface area contributed by atoms with E-state index in [0.717, 1.165) is 6.07 Å². The van der Waals surface area contributed by atoms with E-state index in [1.807, 2.05) is 0 Å². The predicted octanol–water partition coefficient (Wildman–Crippen LogP) is -0.681. The van der Waals surface area contributed by atoms with Gasteiger partial charge in [0.2, 0.25) is 0 Å². The van der Waals surface area contributed by atoms with Gasteiger partial charge in [0, 0.05) is 11.5 Å². The van der Waals surface area contributed by atoms with Gasteiger partial charge in [-0.1, -0.05) is 12.1 Å². The summed E-state index contributed by atoms with van der Waals surface area (Å²) in [5.74, 6) is -0.168. The molecule has 1 saturated heterocycles. The molecule has 4 atom stereocenters. The number of nitrogens with zero attached hydrogens (tertiary/aromatic N) is 1. The number of aliphatic hydroxyl groups excluding tert-OH is 3. The van der Waals surface area contributed by atoms with Gasteiger partial charge >= 0.3 is 0 Å². The molecule has 1 aromatic carbocycles. The first-order valence-corrected chi connectivity index (χ1v) is 6.50. The van der Waals surface area contributed by atoms with E-state index in [-0.39, 0.29) is 5.75 Å². The molecule has 1 aliphatic heterocycles. The minimum Gasteiger partial charge on any atom is -0.507 e. The summed E-state index contributed by atoms with van der Waals surface area (Å²) in [4.78, 5) is 12.2. The first kappa shape index (κ1) is 14.0. The lowest BCUT2D eigenvalue weighted by atomic mass is 10.1. The number of hydrogen-bond acceptors (Lipinski definition) is 6. The standard InChI is InChI=1S/C14H15NO6/c16-6-10-12(19)13(20)14(21-10)15-8-4-2-1-3-7(8)9(17)5-11(15)18/h1-5,10,12-14,16-17,19-20H,6H2/t10-,12-,13-,14-/m1/s1. The largest absolute Gasteiger partial charge is 0.507 e. The van der Waals surface area contributed by atoms with Crippen LogP contribution in [-0.2, 0) is 4.74 Å². The zero-order chi connectivity index (χ0) is 15.1. The van der Waals surface area contributed by atoms with E-state index in [1.54, 1.807) is 24.3 Å². The highest BCUT2D eigenvalue weighted by Crippen LogP contribution is 2.32. The molecule has 2 aromatic rings. The second kappa shape index (κ2) is 5.12. The van der Waals surface area contributed by atoms with Crippen LogP contribution in [0.4, 0.5) is 0 Å². The third-order valence-electron chi connectivity index (χ3n) is 3.71. The van der Waals surface area contributed by atoms with E-state index >= 15 is 0 Å². The molecule has 1 aliphatic rings. The molecule has 1 aromatic heterocycles. The Bertz CT molecular complexity index is 727. The molecule has 0 bridgehead atoms. The van der Waals surface area contributed by atoms with Crippen LogP contribution in [-0.4, -0.2) is 49.9 Å². The van der Waals surface area contributed by atoms with E-state index in [2.05, 4.69) is 0 Å². The van der Waals surface area contributed by atoms with Crippen molar-refractivity contribution < 1.29 is 25.2 Å². The summed E-state index contributed by atoms with van der Waals surface area (Å²) in [5.41, 5.74) is -0.196. The van der Waals surface area contributed by atoms with Gasteiger partial charge in [-0.15, -0.1) is 0 Å². The van der Waals surface area contributed by atoms with Crippen LogP contribution in [0.2, 0.25) is 0 Å². The molecule has 0 aliphatic carbocycles. The molecule has 1 fully saturated rings. The average Bonchev–Trinajstić information content (AvgIpc) is 2.75. The van der Waals surface area contributed by atoms with Crippen molar-refractivity contribution in [2.24, 2.45) is 0 Å². The third-order valence-corrected chi connectivity index (χ3v) is 3.71. The van der Waals surface area contributed by atoms with Crippen LogP contribution in [0.25, 0.3) is 10.9 Å². The molecule has 0 saturated carbocycles. The van der Waals surface area contributed by atoms with Crippen LogP contribution in [0.5, 0.6) is 5.75 Å². The van der Waals surface area contributed by atoms with E-state index in [9.17, 15) is 20.1 Å². The highest BCUT2D eigenvalue weighted by molar-refractivity contribution is 5.85. The third kappa shape index (κ3) is 2.11. The van der Waals surface area contributed by atoms with Crippen LogP contribution < -0.4 is 5.56 Å². The highest BCUT2D eigenvalue weighted by atomic mass is 16.6. The Morgan fingerprint density at radius 1 is 1.19 bits per heavy atom. The zero-order valence-corrected chi connectivity index (χ0v) is 11.0. The van der Waals surface area contributed by atoms with Crippen LogP contribution in [0.15, 0.2) is 35.1 Å². The number of hydrogen-bond donors (Lipinski definition) is 4. The van der Waals surface area contributed by atoms with Gasteiger partial charge in [-0.2, -0.15) is 0 Å². The smallest absolute Gasteiger partial charge is 0.256 e. The first-order chi connectivity index (χ1) is 10.0. The van der Waals surface area contributed by atoms with Crippen molar-refractivity contribution in [1.29, 1.82) is 0 Å². The monoisotopic (exact) mass is 293 g/mol. The van der Waals surface area contributed by atoms with Gasteiger partial charge in [-0.05, 0) is 12.1 Å². The number of ether oxygens (including phenoxy) is 1. The van der Waals surface area contributed by atoms with Crippen molar-refractivity contribution in [2.45, 2.75) is 24.5 Å². The van der Waals surface area contributed by atoms with E-state index in [4.69, 9.17) is 9.84 Å². The van der Waals surface area contributed by atoms with Crippen LogP contribution in [0, 0.1) is 0 Å². The minimum absolute atomic E-state index is 0.168. The molecule has 112 valence electrons. The van der Waals surface area contributed by atoms with Crippen LogP contribution in [0.1, 0.15) is 6.23 Å². The summed E-state index contributed by atoms with van der Waals surface area (Å²) < 4.78 is 6.55. The van der Waals surface area contributed by atoms with Crippen molar-refractivity contribution in [3.8, 4) is 5.75 Å². The van der Waals surface area contributed by atoms with Gasteiger partial charge in [0.1, 0.15) is 24.1 Å². The van der Waals surface area contributed by atoms with Crippen molar-refractivity contribution in [3.63, 3.8) is 0 Å². The quantitative estimate of drug-likeness (QED) is 0.583. The molecular weight excluding hydrogens is 278 g/mol. The topological polar surface area (TPSA) is 112 Å². The summed E-state index contributed by atoms with van der Waals surface area (Å²) in [6.45, 7) is -0.473. The Balaban J connectivity index is 2.20. The normalized spacial score (nSPS) is 29.1. The molecule has 4 N–H and O–H groups in total. The Hall–Kier alpha value is -1.93. The van der Waals surface area contributed by atoms with Gasteiger partial charge in [0.15, 0.2) is 6.23 Å². The number of para-hydroxylation sites is 1. The molecule has 0 radical (unpaired) electrons. The maximum atomic E-state index is 12.2. The lowest BCUT2D eigenvalue weighted by molar-refractivity contribution is -0.0522. The first-order valence-electron chi connectivity index (χ1n) is 6.50. The number of aromatic nitrogens is 1. The minimum atomic E-state index is -1.35. The maximum Gasteiger partial charge on any atom is 0.256 e. The number of rotatable bonds is 2. The zero-order valence-electron chi connectivity index (χ0n) is 11.0. The average molecular weight is 293 g/mol. The van der Waals surface area contributed by atoms with Gasteiger partial charge < -0.3 is 25.2 Å². The molecule has 21 heavy (non-hydrogen) atoms. The number of aromatic hydroxyl groups is 1. The summed E-state index contributed by atoms with van der Waals surface area (Å²) >= 11 is 0. The fourth-order valence-electron chi connectivity index (χ4n) is 2.64. The van der Waals surface area contributed by atoms with Crippen molar-refractivity contribution in [2.75, 3.05) is 6.61 Å². The second-order valence-corrected chi connectivity index (χ2v) is 4.98. The Kier molecular flexibility index (Phi) is 3.42. The predicted molar refractivity (Wildman–Crippen MR) is 72.9 cm³/mol. The summed E-state index contributed by atoms with van der Waals surface area (Å²) in [6.07, 6.45) is -4.74. The summed E-state index contributed by atoms with van der Waals surface area (Å²) in [5, 5.41) is 39.2. The SMILES string of the molecule is O=c1cc(O)c2ccccc2n1[C@@H]1O[C@H](CO)[C@@H](O)[C@H]1O. The van der Waals surface area contributed by atoms with Crippen molar-refractivity contribution in [1.82, 2.24) is 4.57 Å². The Morgan fingerprint density at radius 3 is 2.57 bits per heavy atom. The molecule has 3 rings (SSSR count). The molecular formula is C14H15NO6. The van der Waals surface area contributed by atoms with Gasteiger partial charge in [-0.25, -0.2) is 0 Å². The molecule has 2 heterocycles. The molecule has 0 amide bonds. The Morgan fingerprint density at radius 2 is 1.90 bits per heavy atom. The van der Waals surface area contributed by atoms with Crippen molar-refractivity contribution >= 4 is 10.9 Å². The van der Waals surface area contributed by atoms with E-state index in [1.165, 1.54) is 4.57 Å². The van der Waals surface area contributed by atoms with Gasteiger partial charge in [0.25, 0.3) is 5.56 Å². The number of fused-ring (bicyclic) bond motifs is 1. The molecule has 0 unspecified atom stereocenters. The van der Waals surface area contributed by atoms with Gasteiger partial charge in [-0.3, -0.25) is 9.36 Å². The highest BCUT2D eigenvalue weighted by Gasteiger charge is 2.44. The maximum absolute atomic E-state index is 12.2. The Labute approximate surface area is 119 Å². The van der Waals surface area contributed by atoms with E-state index in [0.29, 0.717) is 10.9 Å². The van der Waals surface area contributed by atoms with Crippen LogP contribution >= 0.6 is 0 Å². The van der Waals surface area contributed by atoms with Crippen molar-refractivity contribution in [3.05, 3.63) is 40.7 Å². The molecule has 7 heteroatoms. The van der Waals surface area contributed by atoms with E-state index < -0.39 is 36.7 Å². The summed E-state index contributed by atoms with van der Waals surface area (Å²) in [6, 6.07) is 7.64. The fourth-order valence-corrected chi connectivity index (χ4v) is 2.64. The van der Waals surface area contributed by atoms with Crippen LogP contribution in [0.3, 0.4) is 0 Å². The number of pyridine rings is 1. The fraction of sp³-hybridized carbons (Fsp3) is 0.357. The summed E-state index contributed by atoms with van der Waals surface area (Å²) in [7, 11) is 0.